The van der Waals surface area contributed by atoms with Gasteiger partial charge >= 0.3 is 0 Å². The molecule has 1 rings (SSSR count). The van der Waals surface area contributed by atoms with Gasteiger partial charge in [-0.05, 0) is 25.3 Å². The van der Waals surface area contributed by atoms with E-state index in [1.165, 1.54) is 6.20 Å². The van der Waals surface area contributed by atoms with Gasteiger partial charge in [0.05, 0.1) is 4.90 Å². The smallest absolute Gasteiger partial charge is 0.242 e. The number of nitrogens with two attached hydrogens (primary N) is 1. The average Bonchev–Trinajstić information content (AvgIpc) is 2.77. The second-order valence-corrected chi connectivity index (χ2v) is 6.55. The lowest BCUT2D eigenvalue weighted by molar-refractivity contribution is 0.445. The van der Waals surface area contributed by atoms with Crippen molar-refractivity contribution in [1.82, 2.24) is 9.71 Å². The lowest BCUT2D eigenvalue weighted by Crippen LogP contribution is -2.33. The molecular weight excluding hydrogens is 250 g/mol. The fourth-order valence-electron chi connectivity index (χ4n) is 1.84. The molecule has 0 radical (unpaired) electrons. The van der Waals surface area contributed by atoms with Crippen molar-refractivity contribution in [2.45, 2.75) is 51.1 Å². The van der Waals surface area contributed by atoms with Gasteiger partial charge in [-0.25, -0.2) is 13.1 Å². The van der Waals surface area contributed by atoms with E-state index in [1.54, 1.807) is 6.07 Å². The molecule has 1 heterocycles. The van der Waals surface area contributed by atoms with E-state index in [4.69, 9.17) is 5.73 Å². The first kappa shape index (κ1) is 15.2. The molecule has 0 aromatic carbocycles. The predicted molar refractivity (Wildman–Crippen MR) is 72.5 cm³/mol. The second-order valence-electron chi connectivity index (χ2n) is 4.84. The Balaban J connectivity index is 2.69. The summed E-state index contributed by atoms with van der Waals surface area (Å²) in [4.78, 5) is 3.09. The molecule has 0 aliphatic carbocycles. The molecule has 0 saturated carbocycles. The minimum atomic E-state index is -3.44. The number of nitrogens with one attached hydrogen (secondary N) is 2. The fraction of sp³-hybridized carbons (Fsp3) is 0.667. The summed E-state index contributed by atoms with van der Waals surface area (Å²) in [5.41, 5.74) is 6.16. The number of aromatic amines is 1. The number of hydrogen-bond donors (Lipinski definition) is 3. The highest BCUT2D eigenvalue weighted by Crippen LogP contribution is 2.14. The van der Waals surface area contributed by atoms with Crippen LogP contribution in [-0.2, 0) is 16.6 Å². The van der Waals surface area contributed by atoms with Crippen LogP contribution in [0.5, 0.6) is 0 Å². The standard InChI is InChI=1S/C12H23N3O2S/c1-4-9(2)5-10(3)15-18(16,17)12-6-11(7-13)14-8-12/h6,8-10,14-15H,4-5,7,13H2,1-3H3. The Kier molecular flexibility index (Phi) is 5.37. The zero-order chi connectivity index (χ0) is 13.8. The van der Waals surface area contributed by atoms with E-state index in [9.17, 15) is 8.42 Å². The predicted octanol–water partition coefficient (Wildman–Crippen LogP) is 1.58. The van der Waals surface area contributed by atoms with E-state index in [1.807, 2.05) is 6.92 Å². The van der Waals surface area contributed by atoms with Crippen molar-refractivity contribution in [1.29, 1.82) is 0 Å². The van der Waals surface area contributed by atoms with Gasteiger partial charge in [-0.3, -0.25) is 0 Å². The van der Waals surface area contributed by atoms with E-state index in [-0.39, 0.29) is 10.9 Å². The van der Waals surface area contributed by atoms with Crippen LogP contribution in [0.25, 0.3) is 0 Å². The third-order valence-electron chi connectivity index (χ3n) is 3.06. The number of H-pyrrole nitrogens is 1. The van der Waals surface area contributed by atoms with Gasteiger partial charge in [-0.2, -0.15) is 0 Å². The zero-order valence-corrected chi connectivity index (χ0v) is 12.0. The highest BCUT2D eigenvalue weighted by molar-refractivity contribution is 7.89. The largest absolute Gasteiger partial charge is 0.363 e. The SMILES string of the molecule is CCC(C)CC(C)NS(=O)(=O)c1c[nH]c(CN)c1. The van der Waals surface area contributed by atoms with E-state index >= 15 is 0 Å². The summed E-state index contributed by atoms with van der Waals surface area (Å²) in [5.74, 6) is 0.508. The molecule has 0 amide bonds. The number of sulfonamides is 1. The van der Waals surface area contributed by atoms with Gasteiger partial charge < -0.3 is 10.7 Å². The maximum Gasteiger partial charge on any atom is 0.242 e. The normalized spacial score (nSPS) is 15.6. The summed E-state index contributed by atoms with van der Waals surface area (Å²) in [5, 5.41) is 0. The first-order valence-electron chi connectivity index (χ1n) is 6.28. The van der Waals surface area contributed by atoms with Crippen LogP contribution in [0, 0.1) is 5.92 Å². The second kappa shape index (κ2) is 6.36. The lowest BCUT2D eigenvalue weighted by atomic mass is 10.0. The number of hydrogen-bond acceptors (Lipinski definition) is 3. The van der Waals surface area contributed by atoms with Crippen molar-refractivity contribution >= 4 is 10.0 Å². The van der Waals surface area contributed by atoms with Gasteiger partial charge in [-0.1, -0.05) is 20.3 Å². The molecule has 0 spiro atoms. The van der Waals surface area contributed by atoms with Crippen LogP contribution >= 0.6 is 0 Å². The Hall–Kier alpha value is -0.850. The molecule has 1 aromatic rings. The van der Waals surface area contributed by atoms with Crippen molar-refractivity contribution in [3.8, 4) is 0 Å². The zero-order valence-electron chi connectivity index (χ0n) is 11.2. The molecule has 4 N–H and O–H groups in total. The van der Waals surface area contributed by atoms with Gasteiger partial charge in [-0.15, -0.1) is 0 Å². The van der Waals surface area contributed by atoms with Crippen LogP contribution in [0.4, 0.5) is 0 Å². The molecule has 5 nitrogen and oxygen atoms in total. The molecule has 104 valence electrons. The molecule has 6 heteroatoms. The molecule has 0 aliphatic heterocycles. The molecule has 0 bridgehead atoms. The molecule has 18 heavy (non-hydrogen) atoms. The van der Waals surface area contributed by atoms with Gasteiger partial charge in [0.15, 0.2) is 0 Å². The van der Waals surface area contributed by atoms with Crippen LogP contribution < -0.4 is 10.5 Å². The maximum atomic E-state index is 12.1. The van der Waals surface area contributed by atoms with E-state index in [0.717, 1.165) is 12.8 Å². The van der Waals surface area contributed by atoms with Crippen molar-refractivity contribution in [3.63, 3.8) is 0 Å². The van der Waals surface area contributed by atoms with Crippen molar-refractivity contribution in [2.75, 3.05) is 0 Å². The number of rotatable bonds is 7. The summed E-state index contributed by atoms with van der Waals surface area (Å²) in [6.45, 7) is 6.41. The quantitative estimate of drug-likeness (QED) is 0.704. The maximum absolute atomic E-state index is 12.1. The summed E-state index contributed by atoms with van der Waals surface area (Å²) >= 11 is 0. The Morgan fingerprint density at radius 1 is 1.44 bits per heavy atom. The highest BCUT2D eigenvalue weighted by Gasteiger charge is 2.19. The Bertz CT molecular complexity index is 467. The lowest BCUT2D eigenvalue weighted by Gasteiger charge is -2.17. The van der Waals surface area contributed by atoms with Crippen LogP contribution in [0.2, 0.25) is 0 Å². The third kappa shape index (κ3) is 4.12. The van der Waals surface area contributed by atoms with Gasteiger partial charge in [0.1, 0.15) is 0 Å². The molecule has 1 aromatic heterocycles. The summed E-state index contributed by atoms with van der Waals surface area (Å²) < 4.78 is 26.8. The first-order chi connectivity index (χ1) is 8.39. The Morgan fingerprint density at radius 2 is 2.11 bits per heavy atom. The molecule has 0 aliphatic rings. The molecular formula is C12H23N3O2S. The molecule has 0 fully saturated rings. The summed E-state index contributed by atoms with van der Waals surface area (Å²) in [6.07, 6.45) is 3.36. The topological polar surface area (TPSA) is 88.0 Å². The van der Waals surface area contributed by atoms with E-state index in [2.05, 4.69) is 23.6 Å². The van der Waals surface area contributed by atoms with Crippen LogP contribution in [0.1, 0.15) is 39.3 Å². The molecule has 2 atom stereocenters. The van der Waals surface area contributed by atoms with Crippen LogP contribution in [0.15, 0.2) is 17.2 Å². The van der Waals surface area contributed by atoms with Gasteiger partial charge in [0.2, 0.25) is 10.0 Å². The molecule has 2 unspecified atom stereocenters. The van der Waals surface area contributed by atoms with E-state index in [0.29, 0.717) is 18.2 Å². The molecule has 0 saturated heterocycles. The van der Waals surface area contributed by atoms with Crippen molar-refractivity contribution in [3.05, 3.63) is 18.0 Å². The van der Waals surface area contributed by atoms with Crippen LogP contribution in [-0.4, -0.2) is 19.4 Å². The monoisotopic (exact) mass is 273 g/mol. The number of aromatic nitrogens is 1. The van der Waals surface area contributed by atoms with Gasteiger partial charge in [0.25, 0.3) is 0 Å². The average molecular weight is 273 g/mol. The fourth-order valence-corrected chi connectivity index (χ4v) is 3.12. The summed E-state index contributed by atoms with van der Waals surface area (Å²) in [7, 11) is -3.44. The van der Waals surface area contributed by atoms with Gasteiger partial charge in [0, 0.05) is 24.5 Å². The third-order valence-corrected chi connectivity index (χ3v) is 4.62. The van der Waals surface area contributed by atoms with Crippen LogP contribution in [0.3, 0.4) is 0 Å². The minimum absolute atomic E-state index is 0.0684. The minimum Gasteiger partial charge on any atom is -0.363 e. The van der Waals surface area contributed by atoms with Crippen molar-refractivity contribution in [2.24, 2.45) is 11.7 Å². The highest BCUT2D eigenvalue weighted by atomic mass is 32.2. The Labute approximate surface area is 109 Å². The van der Waals surface area contributed by atoms with E-state index < -0.39 is 10.0 Å². The Morgan fingerprint density at radius 3 is 2.61 bits per heavy atom. The van der Waals surface area contributed by atoms with Crippen molar-refractivity contribution < 1.29 is 8.42 Å². The first-order valence-corrected chi connectivity index (χ1v) is 7.77. The summed E-state index contributed by atoms with van der Waals surface area (Å²) in [6, 6.07) is 1.50.